The van der Waals surface area contributed by atoms with E-state index in [1.165, 1.54) is 11.6 Å². The molecule has 0 radical (unpaired) electrons. The first-order valence-corrected chi connectivity index (χ1v) is 10.6. The largest absolute Gasteiger partial charge is 0.496 e. The van der Waals surface area contributed by atoms with Gasteiger partial charge in [0.05, 0.1) is 18.7 Å². The lowest BCUT2D eigenvalue weighted by Gasteiger charge is -2.15. The van der Waals surface area contributed by atoms with E-state index >= 15 is 0 Å². The van der Waals surface area contributed by atoms with E-state index in [4.69, 9.17) is 25.8 Å². The minimum atomic E-state index is -0.388. The SMILES string of the molecule is CCOc1cc(CNCCc2ccccc2OC)ccc1OCc1c(F)cccc1Cl. The van der Waals surface area contributed by atoms with E-state index in [1.807, 2.05) is 43.3 Å². The average molecular weight is 444 g/mol. The third-order valence-electron chi connectivity index (χ3n) is 4.83. The van der Waals surface area contributed by atoms with Crippen molar-refractivity contribution in [2.24, 2.45) is 0 Å². The van der Waals surface area contributed by atoms with Gasteiger partial charge in [-0.1, -0.05) is 41.9 Å². The lowest BCUT2D eigenvalue weighted by atomic mass is 10.1. The number of para-hydroxylation sites is 1. The molecule has 0 saturated carbocycles. The molecule has 164 valence electrons. The maximum Gasteiger partial charge on any atom is 0.161 e. The predicted octanol–water partition coefficient (Wildman–Crippen LogP) is 5.80. The van der Waals surface area contributed by atoms with E-state index in [9.17, 15) is 4.39 Å². The molecule has 0 spiro atoms. The molecule has 0 saturated heterocycles. The van der Waals surface area contributed by atoms with E-state index in [-0.39, 0.29) is 12.4 Å². The highest BCUT2D eigenvalue weighted by atomic mass is 35.5. The third kappa shape index (κ3) is 6.36. The van der Waals surface area contributed by atoms with E-state index in [0.29, 0.717) is 35.2 Å². The molecular formula is C25H27ClFNO3. The first-order valence-electron chi connectivity index (χ1n) is 10.3. The zero-order chi connectivity index (χ0) is 22.1. The zero-order valence-corrected chi connectivity index (χ0v) is 18.5. The van der Waals surface area contributed by atoms with Crippen LogP contribution in [0.1, 0.15) is 23.6 Å². The molecule has 0 aliphatic rings. The average Bonchev–Trinajstić information content (AvgIpc) is 2.78. The number of benzene rings is 3. The van der Waals surface area contributed by atoms with Gasteiger partial charge in [-0.15, -0.1) is 0 Å². The molecule has 0 unspecified atom stereocenters. The zero-order valence-electron chi connectivity index (χ0n) is 17.8. The van der Waals surface area contributed by atoms with Gasteiger partial charge >= 0.3 is 0 Å². The maximum absolute atomic E-state index is 14.0. The summed E-state index contributed by atoms with van der Waals surface area (Å²) >= 11 is 6.09. The minimum absolute atomic E-state index is 0.0298. The van der Waals surface area contributed by atoms with Crippen LogP contribution in [0.15, 0.2) is 60.7 Å². The second-order valence-corrected chi connectivity index (χ2v) is 7.35. The van der Waals surface area contributed by atoms with Crippen LogP contribution in [0, 0.1) is 5.82 Å². The fourth-order valence-electron chi connectivity index (χ4n) is 3.24. The van der Waals surface area contributed by atoms with Gasteiger partial charge in [0.15, 0.2) is 11.5 Å². The number of halogens is 2. The van der Waals surface area contributed by atoms with Crippen molar-refractivity contribution in [2.45, 2.75) is 26.5 Å². The van der Waals surface area contributed by atoms with Gasteiger partial charge < -0.3 is 19.5 Å². The molecule has 3 aromatic carbocycles. The third-order valence-corrected chi connectivity index (χ3v) is 5.19. The molecular weight excluding hydrogens is 417 g/mol. The Morgan fingerprint density at radius 3 is 2.55 bits per heavy atom. The Hall–Kier alpha value is -2.76. The van der Waals surface area contributed by atoms with Crippen LogP contribution in [-0.2, 0) is 19.6 Å². The Bertz CT molecular complexity index is 976. The van der Waals surface area contributed by atoms with Crippen LogP contribution in [-0.4, -0.2) is 20.3 Å². The van der Waals surface area contributed by atoms with Gasteiger partial charge in [0.1, 0.15) is 18.2 Å². The molecule has 0 amide bonds. The van der Waals surface area contributed by atoms with Crippen LogP contribution in [0.25, 0.3) is 0 Å². The molecule has 0 atom stereocenters. The van der Waals surface area contributed by atoms with E-state index in [0.717, 1.165) is 24.3 Å². The summed E-state index contributed by atoms with van der Waals surface area (Å²) in [7, 11) is 1.69. The summed E-state index contributed by atoms with van der Waals surface area (Å²) in [6, 6.07) is 18.4. The summed E-state index contributed by atoms with van der Waals surface area (Å²) in [5.74, 6) is 1.69. The number of hydrogen-bond acceptors (Lipinski definition) is 4. The number of rotatable bonds is 11. The Morgan fingerprint density at radius 2 is 1.77 bits per heavy atom. The van der Waals surface area contributed by atoms with Gasteiger partial charge in [-0.2, -0.15) is 0 Å². The van der Waals surface area contributed by atoms with Crippen molar-refractivity contribution in [3.05, 3.63) is 88.2 Å². The Kier molecular flexibility index (Phi) is 8.56. The van der Waals surface area contributed by atoms with Gasteiger partial charge in [0, 0.05) is 12.1 Å². The van der Waals surface area contributed by atoms with Crippen LogP contribution < -0.4 is 19.5 Å². The van der Waals surface area contributed by atoms with Gasteiger partial charge in [-0.3, -0.25) is 0 Å². The van der Waals surface area contributed by atoms with E-state index < -0.39 is 0 Å². The minimum Gasteiger partial charge on any atom is -0.496 e. The molecule has 4 nitrogen and oxygen atoms in total. The fraction of sp³-hybridized carbons (Fsp3) is 0.280. The molecule has 1 N–H and O–H groups in total. The van der Waals surface area contributed by atoms with Crippen LogP contribution in [0.2, 0.25) is 5.02 Å². The van der Waals surface area contributed by atoms with E-state index in [1.54, 1.807) is 19.2 Å². The Labute approximate surface area is 187 Å². The molecule has 3 rings (SSSR count). The van der Waals surface area contributed by atoms with Crippen LogP contribution in [0.3, 0.4) is 0 Å². The molecule has 31 heavy (non-hydrogen) atoms. The van der Waals surface area contributed by atoms with Crippen molar-refractivity contribution in [2.75, 3.05) is 20.3 Å². The highest BCUT2D eigenvalue weighted by Gasteiger charge is 2.11. The van der Waals surface area contributed by atoms with Gasteiger partial charge in [-0.25, -0.2) is 4.39 Å². The smallest absolute Gasteiger partial charge is 0.161 e. The summed E-state index contributed by atoms with van der Waals surface area (Å²) in [6.07, 6.45) is 0.868. The molecule has 3 aromatic rings. The summed E-state index contributed by atoms with van der Waals surface area (Å²) in [6.45, 7) is 3.95. The number of methoxy groups -OCH3 is 1. The highest BCUT2D eigenvalue weighted by Crippen LogP contribution is 2.30. The summed E-state index contributed by atoms with van der Waals surface area (Å²) in [5.41, 5.74) is 2.57. The molecule has 0 aliphatic carbocycles. The number of nitrogens with one attached hydrogen (secondary N) is 1. The molecule has 6 heteroatoms. The Morgan fingerprint density at radius 1 is 0.935 bits per heavy atom. The van der Waals surface area contributed by atoms with Gasteiger partial charge in [0.25, 0.3) is 0 Å². The maximum atomic E-state index is 14.0. The van der Waals surface area contributed by atoms with Crippen molar-refractivity contribution in [1.29, 1.82) is 0 Å². The molecule has 0 aromatic heterocycles. The summed E-state index contributed by atoms with van der Waals surface area (Å²) in [4.78, 5) is 0. The first kappa shape index (κ1) is 22.9. The standard InChI is InChI=1S/C25H27ClFNO3/c1-3-30-25-15-18(16-28-14-13-19-7-4-5-10-23(19)29-2)11-12-24(25)31-17-20-21(26)8-6-9-22(20)27/h4-12,15,28H,3,13-14,16-17H2,1-2H3. The normalized spacial score (nSPS) is 10.7. The first-order chi connectivity index (χ1) is 15.1. The van der Waals surface area contributed by atoms with Crippen molar-refractivity contribution in [1.82, 2.24) is 5.32 Å². The van der Waals surface area contributed by atoms with Crippen molar-refractivity contribution in [3.8, 4) is 17.2 Å². The monoisotopic (exact) mass is 443 g/mol. The molecule has 0 bridgehead atoms. The molecule has 0 fully saturated rings. The van der Waals surface area contributed by atoms with Crippen LogP contribution in [0.4, 0.5) is 4.39 Å². The highest BCUT2D eigenvalue weighted by molar-refractivity contribution is 6.31. The summed E-state index contributed by atoms with van der Waals surface area (Å²) < 4.78 is 30.9. The van der Waals surface area contributed by atoms with Crippen molar-refractivity contribution >= 4 is 11.6 Å². The van der Waals surface area contributed by atoms with Crippen molar-refractivity contribution < 1.29 is 18.6 Å². The number of ether oxygens (including phenoxy) is 3. The second kappa shape index (κ2) is 11.6. The quantitative estimate of drug-likeness (QED) is 0.380. The number of hydrogen-bond donors (Lipinski definition) is 1. The van der Waals surface area contributed by atoms with Gasteiger partial charge in [-0.05, 0) is 61.3 Å². The fourth-order valence-corrected chi connectivity index (χ4v) is 3.45. The van der Waals surface area contributed by atoms with Gasteiger partial charge in [0.2, 0.25) is 0 Å². The van der Waals surface area contributed by atoms with Crippen LogP contribution in [0.5, 0.6) is 17.2 Å². The molecule has 0 heterocycles. The van der Waals surface area contributed by atoms with E-state index in [2.05, 4.69) is 11.4 Å². The predicted molar refractivity (Wildman–Crippen MR) is 122 cm³/mol. The van der Waals surface area contributed by atoms with Crippen LogP contribution >= 0.6 is 11.6 Å². The summed E-state index contributed by atoms with van der Waals surface area (Å²) in [5, 5.41) is 3.79. The topological polar surface area (TPSA) is 39.7 Å². The second-order valence-electron chi connectivity index (χ2n) is 6.94. The molecule has 0 aliphatic heterocycles. The lowest BCUT2D eigenvalue weighted by Crippen LogP contribution is -2.17. The lowest BCUT2D eigenvalue weighted by molar-refractivity contribution is 0.265. The van der Waals surface area contributed by atoms with Crippen molar-refractivity contribution in [3.63, 3.8) is 0 Å². The Balaban J connectivity index is 1.59.